The largest absolute Gasteiger partial charge is 0.507 e. The second-order valence-corrected chi connectivity index (χ2v) is 10.8. The molecule has 0 bridgehead atoms. The molecule has 2 aromatic rings. The van der Waals surface area contributed by atoms with E-state index in [1.54, 1.807) is 19.1 Å². The van der Waals surface area contributed by atoms with Crippen LogP contribution < -0.4 is 9.47 Å². The van der Waals surface area contributed by atoms with Crippen LogP contribution >= 0.6 is 0 Å². The van der Waals surface area contributed by atoms with E-state index in [1.807, 2.05) is 18.2 Å². The van der Waals surface area contributed by atoms with Crippen LogP contribution in [-0.2, 0) is 19.1 Å². The minimum Gasteiger partial charge on any atom is -0.507 e. The van der Waals surface area contributed by atoms with Gasteiger partial charge >= 0.3 is 11.9 Å². The molecule has 0 aromatic heterocycles. The molecule has 228 valence electrons. The molecule has 2 aromatic carbocycles. The van der Waals surface area contributed by atoms with Crippen molar-refractivity contribution in [2.45, 2.75) is 82.4 Å². The number of hydrogen-bond acceptors (Lipinski definition) is 12. The number of phenolic OH excluding ortho intramolecular Hbond substituents is 1. The summed E-state index contributed by atoms with van der Waals surface area (Å²) >= 11 is 0. The lowest BCUT2D eigenvalue weighted by atomic mass is 9.91. The van der Waals surface area contributed by atoms with Gasteiger partial charge in [0.15, 0.2) is 5.78 Å². The minimum atomic E-state index is -1.89. The molecular weight excluding hydrogens is 556 g/mol. The number of aliphatic hydroxyl groups is 4. The maximum absolute atomic E-state index is 13.0. The van der Waals surface area contributed by atoms with E-state index in [0.717, 1.165) is 12.5 Å². The molecule has 0 saturated carbocycles. The summed E-state index contributed by atoms with van der Waals surface area (Å²) in [5, 5.41) is 61.4. The van der Waals surface area contributed by atoms with E-state index in [9.17, 15) is 39.9 Å². The summed E-state index contributed by atoms with van der Waals surface area (Å²) in [5.74, 6) is -2.94. The Bertz CT molecular complexity index is 1340. The van der Waals surface area contributed by atoms with Crippen LogP contribution in [0.25, 0.3) is 0 Å². The highest BCUT2D eigenvalue weighted by molar-refractivity contribution is 6.03. The van der Waals surface area contributed by atoms with Gasteiger partial charge in [0.1, 0.15) is 59.9 Å². The number of carbonyl (C=O) groups excluding carboxylic acids is 2. The number of ether oxygens (including phenoxy) is 4. The molecule has 4 rings (SSSR count). The smallest absolute Gasteiger partial charge is 0.308 e. The third kappa shape index (κ3) is 6.50. The standard InChI is InChI=1S/C29H34O13/c1-13-22(34)21-16(30)9-17(15-7-5-4-6-8-15)40-27(21)14(2)26(13)42-28-25(37)24(36)23(35)18(41-28)12-39-20(33)11-29(3,38)10-19(31)32/h4-8,17-18,23-25,28,34-38H,9-12H2,1-3H3,(H,31,32). The molecule has 0 aliphatic carbocycles. The highest BCUT2D eigenvalue weighted by Gasteiger charge is 2.46. The van der Waals surface area contributed by atoms with Crippen molar-refractivity contribution in [1.29, 1.82) is 0 Å². The maximum Gasteiger partial charge on any atom is 0.308 e. The molecule has 2 heterocycles. The van der Waals surface area contributed by atoms with E-state index in [2.05, 4.69) is 0 Å². The van der Waals surface area contributed by atoms with Gasteiger partial charge in [0.2, 0.25) is 6.29 Å². The Morgan fingerprint density at radius 2 is 1.69 bits per heavy atom. The van der Waals surface area contributed by atoms with Gasteiger partial charge < -0.3 is 49.6 Å². The molecule has 0 amide bonds. The maximum atomic E-state index is 13.0. The number of ketones is 1. The Morgan fingerprint density at radius 1 is 1.02 bits per heavy atom. The van der Waals surface area contributed by atoms with Gasteiger partial charge in [-0.05, 0) is 26.3 Å². The first kappa shape index (κ1) is 31.2. The lowest BCUT2D eigenvalue weighted by Gasteiger charge is -2.40. The Labute approximate surface area is 240 Å². The van der Waals surface area contributed by atoms with E-state index < -0.39 is 73.8 Å². The molecular formula is C29H34O13. The number of Topliss-reactive ketones (excluding diaryl/α,β-unsaturated/α-hetero) is 1. The normalized spacial score (nSPS) is 26.9. The van der Waals surface area contributed by atoms with Gasteiger partial charge in [0, 0.05) is 11.1 Å². The van der Waals surface area contributed by atoms with E-state index in [-0.39, 0.29) is 40.6 Å². The average Bonchev–Trinajstić information content (AvgIpc) is 2.92. The number of aliphatic carboxylic acids is 1. The van der Waals surface area contributed by atoms with Gasteiger partial charge in [-0.2, -0.15) is 0 Å². The molecule has 7 atom stereocenters. The molecule has 42 heavy (non-hydrogen) atoms. The zero-order chi connectivity index (χ0) is 30.9. The van der Waals surface area contributed by atoms with Crippen LogP contribution in [0.15, 0.2) is 30.3 Å². The Kier molecular flexibility index (Phi) is 9.09. The number of benzene rings is 2. The van der Waals surface area contributed by atoms with Gasteiger partial charge in [0.25, 0.3) is 0 Å². The summed E-state index contributed by atoms with van der Waals surface area (Å²) in [4.78, 5) is 36.1. The Morgan fingerprint density at radius 3 is 2.33 bits per heavy atom. The second kappa shape index (κ2) is 12.2. The van der Waals surface area contributed by atoms with Gasteiger partial charge in [-0.25, -0.2) is 0 Å². The van der Waals surface area contributed by atoms with Gasteiger partial charge in [-0.1, -0.05) is 30.3 Å². The van der Waals surface area contributed by atoms with Crippen molar-refractivity contribution in [2.75, 3.05) is 6.61 Å². The highest BCUT2D eigenvalue weighted by atomic mass is 16.7. The molecule has 7 unspecified atom stereocenters. The number of carboxylic acid groups (broad SMARTS) is 1. The predicted molar refractivity (Wildman–Crippen MR) is 142 cm³/mol. The van der Waals surface area contributed by atoms with Crippen LogP contribution in [0.4, 0.5) is 0 Å². The second-order valence-electron chi connectivity index (χ2n) is 10.8. The van der Waals surface area contributed by atoms with Crippen LogP contribution in [0.2, 0.25) is 0 Å². The number of esters is 1. The zero-order valence-corrected chi connectivity index (χ0v) is 23.2. The van der Waals surface area contributed by atoms with Crippen molar-refractivity contribution in [3.8, 4) is 17.2 Å². The highest BCUT2D eigenvalue weighted by Crippen LogP contribution is 2.48. The fraction of sp³-hybridized carbons (Fsp3) is 0.483. The summed E-state index contributed by atoms with van der Waals surface area (Å²) < 4.78 is 22.7. The summed E-state index contributed by atoms with van der Waals surface area (Å²) in [6, 6.07) is 9.05. The number of aromatic hydroxyl groups is 1. The average molecular weight is 591 g/mol. The Balaban J connectivity index is 1.54. The van der Waals surface area contributed by atoms with Crippen molar-refractivity contribution in [1.82, 2.24) is 0 Å². The van der Waals surface area contributed by atoms with Crippen LogP contribution in [-0.4, -0.2) is 91.3 Å². The molecule has 13 nitrogen and oxygen atoms in total. The topological polar surface area (TPSA) is 210 Å². The summed E-state index contributed by atoms with van der Waals surface area (Å²) in [7, 11) is 0. The van der Waals surface area contributed by atoms with Crippen LogP contribution in [0.5, 0.6) is 17.2 Å². The Hall–Kier alpha value is -3.75. The number of hydrogen-bond donors (Lipinski definition) is 6. The van der Waals surface area contributed by atoms with Crippen LogP contribution in [0.3, 0.4) is 0 Å². The molecule has 6 N–H and O–H groups in total. The first-order valence-corrected chi connectivity index (χ1v) is 13.3. The molecule has 1 saturated heterocycles. The first-order chi connectivity index (χ1) is 19.7. The molecule has 1 fully saturated rings. The number of carbonyl (C=O) groups is 3. The molecule has 0 radical (unpaired) electrons. The lowest BCUT2D eigenvalue weighted by molar-refractivity contribution is -0.279. The SMILES string of the molecule is Cc1c(O)c2c(c(C)c1OC1OC(COC(=O)CC(C)(O)CC(=O)O)C(O)C(O)C1O)OC(c1ccccc1)CC2=O. The minimum absolute atomic E-state index is 0.000800. The van der Waals surface area contributed by atoms with E-state index in [0.29, 0.717) is 5.56 Å². The van der Waals surface area contributed by atoms with E-state index >= 15 is 0 Å². The van der Waals surface area contributed by atoms with Crippen molar-refractivity contribution in [2.24, 2.45) is 0 Å². The molecule has 2 aliphatic rings. The number of aliphatic hydroxyl groups excluding tert-OH is 3. The lowest BCUT2D eigenvalue weighted by Crippen LogP contribution is -2.60. The summed E-state index contributed by atoms with van der Waals surface area (Å²) in [5.41, 5.74) is -0.684. The van der Waals surface area contributed by atoms with Crippen molar-refractivity contribution in [3.63, 3.8) is 0 Å². The number of carboxylic acids is 1. The fourth-order valence-corrected chi connectivity index (χ4v) is 5.06. The zero-order valence-electron chi connectivity index (χ0n) is 23.2. The quantitative estimate of drug-likeness (QED) is 0.226. The third-order valence-electron chi connectivity index (χ3n) is 7.29. The van der Waals surface area contributed by atoms with E-state index in [4.69, 9.17) is 24.1 Å². The van der Waals surface area contributed by atoms with Crippen LogP contribution in [0.1, 0.15) is 59.3 Å². The van der Waals surface area contributed by atoms with E-state index in [1.165, 1.54) is 6.92 Å². The van der Waals surface area contributed by atoms with Crippen LogP contribution in [0, 0.1) is 13.8 Å². The number of fused-ring (bicyclic) bond motifs is 1. The van der Waals surface area contributed by atoms with Crippen molar-refractivity contribution in [3.05, 3.63) is 52.6 Å². The van der Waals surface area contributed by atoms with Crippen molar-refractivity contribution >= 4 is 17.7 Å². The molecule has 0 spiro atoms. The first-order valence-electron chi connectivity index (χ1n) is 13.3. The van der Waals surface area contributed by atoms with Crippen molar-refractivity contribution < 1.29 is 64.0 Å². The summed E-state index contributed by atoms with van der Waals surface area (Å²) in [6.45, 7) is 3.59. The molecule has 2 aliphatic heterocycles. The number of phenols is 1. The fourth-order valence-electron chi connectivity index (χ4n) is 5.06. The number of rotatable bonds is 9. The predicted octanol–water partition coefficient (Wildman–Crippen LogP) is 1.06. The third-order valence-corrected chi connectivity index (χ3v) is 7.29. The van der Waals surface area contributed by atoms with Gasteiger partial charge in [0.05, 0.1) is 24.9 Å². The van der Waals surface area contributed by atoms with Gasteiger partial charge in [-0.3, -0.25) is 14.4 Å². The summed E-state index contributed by atoms with van der Waals surface area (Å²) in [6.07, 6.45) is -10.3. The monoisotopic (exact) mass is 590 g/mol. The van der Waals surface area contributed by atoms with Gasteiger partial charge in [-0.15, -0.1) is 0 Å². The molecule has 13 heteroatoms.